The van der Waals surface area contributed by atoms with Crippen molar-refractivity contribution in [3.63, 3.8) is 0 Å². The molecule has 6 heteroatoms. The summed E-state index contributed by atoms with van der Waals surface area (Å²) in [5.74, 6) is -1.51. The molecule has 1 saturated heterocycles. The fraction of sp³-hybridized carbons (Fsp3) is 0.250. The van der Waals surface area contributed by atoms with Gasteiger partial charge in [-0.25, -0.2) is 4.39 Å². The fourth-order valence-corrected chi connectivity index (χ4v) is 2.05. The second-order valence-corrected chi connectivity index (χ2v) is 4.64. The smallest absolute Gasteiger partial charge is 0.237 e. The molecule has 2 amide bonds. The van der Waals surface area contributed by atoms with E-state index in [2.05, 4.69) is 0 Å². The Morgan fingerprint density at radius 3 is 2.67 bits per heavy atom. The first-order valence-electron chi connectivity index (χ1n) is 5.38. The Morgan fingerprint density at radius 1 is 1.50 bits per heavy atom. The number of imide groups is 1. The van der Waals surface area contributed by atoms with Crippen LogP contribution in [-0.4, -0.2) is 16.8 Å². The SMILES string of the molecule is CC1CC(=O)N(c2ccc(F)c(C(N)=S)c2)C1=O. The standard InChI is InChI=1S/C12H11FN2O2S/c1-6-4-10(16)15(12(6)17)7-2-3-9(13)8(5-7)11(14)18/h2-3,5-6H,4H2,1H3,(H2,14,18). The van der Waals surface area contributed by atoms with Crippen molar-refractivity contribution in [3.05, 3.63) is 29.6 Å². The number of carbonyl (C=O) groups excluding carboxylic acids is 2. The van der Waals surface area contributed by atoms with Gasteiger partial charge in [0.2, 0.25) is 11.8 Å². The van der Waals surface area contributed by atoms with Gasteiger partial charge in [-0.05, 0) is 18.2 Å². The largest absolute Gasteiger partial charge is 0.389 e. The van der Waals surface area contributed by atoms with Gasteiger partial charge in [-0.3, -0.25) is 14.5 Å². The highest BCUT2D eigenvalue weighted by molar-refractivity contribution is 7.80. The van der Waals surface area contributed by atoms with E-state index in [1.807, 2.05) is 0 Å². The van der Waals surface area contributed by atoms with Crippen molar-refractivity contribution in [2.75, 3.05) is 4.90 Å². The molecule has 1 aliphatic rings. The van der Waals surface area contributed by atoms with Crippen LogP contribution in [0.5, 0.6) is 0 Å². The Bertz CT molecular complexity index is 559. The molecule has 0 bridgehead atoms. The minimum absolute atomic E-state index is 0.0302. The summed E-state index contributed by atoms with van der Waals surface area (Å²) in [5, 5.41) is 0. The average molecular weight is 266 g/mol. The third-order valence-electron chi connectivity index (χ3n) is 2.85. The summed E-state index contributed by atoms with van der Waals surface area (Å²) in [5.41, 5.74) is 5.72. The van der Waals surface area contributed by atoms with Crippen molar-refractivity contribution in [3.8, 4) is 0 Å². The zero-order valence-electron chi connectivity index (χ0n) is 9.64. The molecule has 0 saturated carbocycles. The van der Waals surface area contributed by atoms with E-state index in [0.717, 1.165) is 11.0 Å². The fourth-order valence-electron chi connectivity index (χ4n) is 1.90. The molecule has 0 spiro atoms. The molecule has 1 atom stereocenters. The highest BCUT2D eigenvalue weighted by Gasteiger charge is 2.36. The Balaban J connectivity index is 2.46. The average Bonchev–Trinajstić information content (AvgIpc) is 2.54. The molecular weight excluding hydrogens is 255 g/mol. The zero-order valence-corrected chi connectivity index (χ0v) is 10.5. The monoisotopic (exact) mass is 266 g/mol. The lowest BCUT2D eigenvalue weighted by atomic mass is 10.1. The van der Waals surface area contributed by atoms with Crippen molar-refractivity contribution >= 4 is 34.7 Å². The molecule has 1 aromatic rings. The first kappa shape index (κ1) is 12.6. The van der Waals surface area contributed by atoms with Gasteiger partial charge in [0.05, 0.1) is 5.69 Å². The normalized spacial score (nSPS) is 19.4. The molecule has 1 fully saturated rings. The molecule has 1 heterocycles. The number of thiocarbonyl (C=S) groups is 1. The van der Waals surface area contributed by atoms with Crippen LogP contribution in [-0.2, 0) is 9.59 Å². The molecule has 1 aromatic carbocycles. The first-order chi connectivity index (χ1) is 8.41. The van der Waals surface area contributed by atoms with Crippen LogP contribution in [0.3, 0.4) is 0 Å². The van der Waals surface area contributed by atoms with Gasteiger partial charge < -0.3 is 5.73 Å². The highest BCUT2D eigenvalue weighted by atomic mass is 32.1. The minimum Gasteiger partial charge on any atom is -0.389 e. The van der Waals surface area contributed by atoms with Crippen molar-refractivity contribution in [2.24, 2.45) is 11.7 Å². The lowest BCUT2D eigenvalue weighted by Crippen LogP contribution is -2.30. The van der Waals surface area contributed by atoms with E-state index >= 15 is 0 Å². The molecule has 18 heavy (non-hydrogen) atoms. The maximum atomic E-state index is 13.4. The number of hydrogen-bond acceptors (Lipinski definition) is 3. The van der Waals surface area contributed by atoms with Gasteiger partial charge in [-0.15, -0.1) is 0 Å². The number of benzene rings is 1. The van der Waals surface area contributed by atoms with Crippen LogP contribution in [0.1, 0.15) is 18.9 Å². The summed E-state index contributed by atoms with van der Waals surface area (Å²) in [6.07, 6.45) is 0.165. The number of hydrogen-bond donors (Lipinski definition) is 1. The van der Waals surface area contributed by atoms with Gasteiger partial charge in [0.15, 0.2) is 0 Å². The first-order valence-corrected chi connectivity index (χ1v) is 5.78. The van der Waals surface area contributed by atoms with E-state index in [9.17, 15) is 14.0 Å². The molecule has 4 nitrogen and oxygen atoms in total. The predicted molar refractivity (Wildman–Crippen MR) is 68.6 cm³/mol. The summed E-state index contributed by atoms with van der Waals surface area (Å²) in [6.45, 7) is 1.68. The minimum atomic E-state index is -0.571. The number of halogens is 1. The Hall–Kier alpha value is -1.82. The molecular formula is C12H11FN2O2S. The van der Waals surface area contributed by atoms with E-state index in [1.54, 1.807) is 6.92 Å². The molecule has 0 aliphatic carbocycles. The van der Waals surface area contributed by atoms with E-state index in [1.165, 1.54) is 12.1 Å². The predicted octanol–water partition coefficient (Wildman–Crippen LogP) is 1.36. The number of amides is 2. The van der Waals surface area contributed by atoms with Crippen LogP contribution in [0.2, 0.25) is 0 Å². The van der Waals surface area contributed by atoms with Gasteiger partial charge in [-0.1, -0.05) is 19.1 Å². The number of rotatable bonds is 2. The molecule has 1 unspecified atom stereocenters. The maximum Gasteiger partial charge on any atom is 0.237 e. The van der Waals surface area contributed by atoms with Crippen LogP contribution >= 0.6 is 12.2 Å². The highest BCUT2D eigenvalue weighted by Crippen LogP contribution is 2.27. The van der Waals surface area contributed by atoms with E-state index in [0.29, 0.717) is 5.69 Å². The van der Waals surface area contributed by atoms with Crippen LogP contribution in [0.4, 0.5) is 10.1 Å². The topological polar surface area (TPSA) is 63.4 Å². The van der Waals surface area contributed by atoms with Gasteiger partial charge in [0, 0.05) is 17.9 Å². The summed E-state index contributed by atoms with van der Waals surface area (Å²) in [6, 6.07) is 3.84. The molecule has 0 radical (unpaired) electrons. The third kappa shape index (κ3) is 1.99. The van der Waals surface area contributed by atoms with Crippen molar-refractivity contribution in [2.45, 2.75) is 13.3 Å². The molecule has 0 aromatic heterocycles. The number of carbonyl (C=O) groups is 2. The summed E-state index contributed by atoms with van der Waals surface area (Å²) < 4.78 is 13.4. The van der Waals surface area contributed by atoms with Crippen LogP contribution in [0.15, 0.2) is 18.2 Å². The van der Waals surface area contributed by atoms with E-state index in [4.69, 9.17) is 18.0 Å². The second-order valence-electron chi connectivity index (χ2n) is 4.20. The summed E-state index contributed by atoms with van der Waals surface area (Å²) >= 11 is 4.72. The van der Waals surface area contributed by atoms with Gasteiger partial charge in [-0.2, -0.15) is 0 Å². The van der Waals surface area contributed by atoms with E-state index in [-0.39, 0.29) is 34.7 Å². The Kier molecular flexibility index (Phi) is 3.13. The van der Waals surface area contributed by atoms with Crippen molar-refractivity contribution < 1.29 is 14.0 Å². The Labute approximate surface area is 109 Å². The van der Waals surface area contributed by atoms with Gasteiger partial charge >= 0.3 is 0 Å². The number of anilines is 1. The lowest BCUT2D eigenvalue weighted by Gasteiger charge is -2.15. The third-order valence-corrected chi connectivity index (χ3v) is 3.07. The zero-order chi connectivity index (χ0) is 13.4. The maximum absolute atomic E-state index is 13.4. The van der Waals surface area contributed by atoms with Crippen LogP contribution in [0, 0.1) is 11.7 Å². The number of nitrogens with zero attached hydrogens (tertiary/aromatic N) is 1. The van der Waals surface area contributed by atoms with Gasteiger partial charge in [0.25, 0.3) is 0 Å². The summed E-state index contributed by atoms with van der Waals surface area (Å²) in [4.78, 5) is 24.5. The van der Waals surface area contributed by atoms with Crippen LogP contribution < -0.4 is 10.6 Å². The second kappa shape index (κ2) is 4.45. The molecule has 94 valence electrons. The molecule has 1 aliphatic heterocycles. The van der Waals surface area contributed by atoms with Crippen molar-refractivity contribution in [1.82, 2.24) is 0 Å². The summed E-state index contributed by atoms with van der Waals surface area (Å²) in [7, 11) is 0. The molecule has 2 N–H and O–H groups in total. The van der Waals surface area contributed by atoms with Gasteiger partial charge in [0.1, 0.15) is 10.8 Å². The van der Waals surface area contributed by atoms with E-state index < -0.39 is 5.82 Å². The Morgan fingerprint density at radius 2 is 2.17 bits per heavy atom. The van der Waals surface area contributed by atoms with Crippen LogP contribution in [0.25, 0.3) is 0 Å². The lowest BCUT2D eigenvalue weighted by molar-refractivity contribution is -0.122. The quantitative estimate of drug-likeness (QED) is 0.648. The number of nitrogens with two attached hydrogens (primary N) is 1. The molecule has 2 rings (SSSR count). The van der Waals surface area contributed by atoms with Crippen molar-refractivity contribution in [1.29, 1.82) is 0 Å².